The predicted molar refractivity (Wildman–Crippen MR) is 33.1 cm³/mol. The number of hydrogen-bond acceptors (Lipinski definition) is 1. The Kier molecular flexibility index (Phi) is 10.9. The van der Waals surface area contributed by atoms with E-state index in [0.29, 0.717) is 0 Å². The second-order valence-corrected chi connectivity index (χ2v) is 1.71. The van der Waals surface area contributed by atoms with Crippen molar-refractivity contribution in [1.82, 2.24) is 5.32 Å². The van der Waals surface area contributed by atoms with Gasteiger partial charge in [-0.05, 0) is 13.3 Å². The molecule has 1 nitrogen and oxygen atoms in total. The summed E-state index contributed by atoms with van der Waals surface area (Å²) in [6.07, 6.45) is 1.17. The van der Waals surface area contributed by atoms with Crippen LogP contribution in [0.3, 0.4) is 0 Å². The molecule has 0 aromatic carbocycles. The molecular weight excluding hydrogens is 175 g/mol. The molecule has 1 radical (unpaired) electrons. The van der Waals surface area contributed by atoms with Crippen molar-refractivity contribution in [3.63, 3.8) is 0 Å². The van der Waals surface area contributed by atoms with Crippen molar-refractivity contribution in [2.75, 3.05) is 6.54 Å². The second kappa shape index (κ2) is 7.64. The maximum absolute atomic E-state index is 3.68. The molecule has 0 amide bonds. The van der Waals surface area contributed by atoms with E-state index >= 15 is 0 Å². The van der Waals surface area contributed by atoms with E-state index in [9.17, 15) is 0 Å². The summed E-state index contributed by atoms with van der Waals surface area (Å²) in [5.74, 6) is 0. The molecule has 0 bridgehead atoms. The van der Waals surface area contributed by atoms with Crippen LogP contribution in [0.2, 0.25) is 0 Å². The van der Waals surface area contributed by atoms with Crippen LogP contribution in [-0.4, -0.2) is 6.54 Å². The monoisotopic (exact) mass is 188 g/mol. The Morgan fingerprint density at radius 1 is 1.62 bits per heavy atom. The Bertz CT molecular complexity index is 61.5. The van der Waals surface area contributed by atoms with E-state index in [4.69, 9.17) is 0 Å². The minimum absolute atomic E-state index is 0. The zero-order valence-corrected chi connectivity index (χ0v) is 8.54. The van der Waals surface area contributed by atoms with Crippen LogP contribution in [0.1, 0.15) is 20.3 Å². The van der Waals surface area contributed by atoms with Gasteiger partial charge in [-0.2, -0.15) is 0 Å². The van der Waals surface area contributed by atoms with Crippen molar-refractivity contribution in [3.8, 4) is 0 Å². The molecule has 2 heteroatoms. The van der Waals surface area contributed by atoms with Gasteiger partial charge in [0, 0.05) is 45.0 Å². The van der Waals surface area contributed by atoms with E-state index in [1.54, 1.807) is 0 Å². The molecule has 8 heavy (non-hydrogen) atoms. The maximum Gasteiger partial charge on any atom is 0.0141 e. The van der Waals surface area contributed by atoms with Gasteiger partial charge >= 0.3 is 0 Å². The second-order valence-electron chi connectivity index (χ2n) is 1.71. The SMILES string of the molecule is C=C(C)NCCC.[Y]. The van der Waals surface area contributed by atoms with E-state index in [1.807, 2.05) is 6.92 Å². The average molecular weight is 188 g/mol. The molecule has 0 unspecified atom stereocenters. The van der Waals surface area contributed by atoms with Crippen LogP contribution >= 0.6 is 0 Å². The molecule has 45 valence electrons. The summed E-state index contributed by atoms with van der Waals surface area (Å²) >= 11 is 0. The molecule has 0 spiro atoms. The third kappa shape index (κ3) is 9.81. The van der Waals surface area contributed by atoms with E-state index in [1.165, 1.54) is 6.42 Å². The Morgan fingerprint density at radius 2 is 2.12 bits per heavy atom. The molecule has 0 aliphatic heterocycles. The largest absolute Gasteiger partial charge is 0.389 e. The fourth-order valence-electron chi connectivity index (χ4n) is 0.338. The van der Waals surface area contributed by atoms with E-state index < -0.39 is 0 Å². The molecule has 0 aliphatic rings. The summed E-state index contributed by atoms with van der Waals surface area (Å²) in [4.78, 5) is 0. The van der Waals surface area contributed by atoms with Gasteiger partial charge in [0.05, 0.1) is 0 Å². The van der Waals surface area contributed by atoms with Crippen LogP contribution in [0.5, 0.6) is 0 Å². The number of allylic oxidation sites excluding steroid dienone is 1. The molecule has 0 saturated carbocycles. The zero-order valence-electron chi connectivity index (χ0n) is 5.70. The molecular formula is C6H13NY. The molecule has 0 fully saturated rings. The van der Waals surface area contributed by atoms with Gasteiger partial charge in [-0.25, -0.2) is 0 Å². The van der Waals surface area contributed by atoms with Gasteiger partial charge < -0.3 is 5.32 Å². The number of rotatable bonds is 3. The zero-order chi connectivity index (χ0) is 5.70. The van der Waals surface area contributed by atoms with Crippen molar-refractivity contribution in [1.29, 1.82) is 0 Å². The first-order valence-corrected chi connectivity index (χ1v) is 2.66. The van der Waals surface area contributed by atoms with E-state index in [0.717, 1.165) is 12.2 Å². The molecule has 0 heterocycles. The molecule has 0 aromatic rings. The van der Waals surface area contributed by atoms with Gasteiger partial charge in [-0.1, -0.05) is 13.5 Å². The first-order chi connectivity index (χ1) is 3.27. The van der Waals surface area contributed by atoms with Crippen molar-refractivity contribution >= 4 is 0 Å². The fraction of sp³-hybridized carbons (Fsp3) is 0.667. The minimum atomic E-state index is 0. The standard InChI is InChI=1S/C6H13N.Y/c1-4-5-7-6(2)3;/h7H,2,4-5H2,1,3H3;. The Balaban J connectivity index is 0. The summed E-state index contributed by atoms with van der Waals surface area (Å²) in [5, 5.41) is 3.10. The summed E-state index contributed by atoms with van der Waals surface area (Å²) in [7, 11) is 0. The summed E-state index contributed by atoms with van der Waals surface area (Å²) < 4.78 is 0. The first kappa shape index (κ1) is 11.4. The van der Waals surface area contributed by atoms with Crippen molar-refractivity contribution < 1.29 is 32.7 Å². The molecule has 0 aromatic heterocycles. The molecule has 0 atom stereocenters. The van der Waals surface area contributed by atoms with Gasteiger partial charge in [0.1, 0.15) is 0 Å². The van der Waals surface area contributed by atoms with Crippen LogP contribution in [0.4, 0.5) is 0 Å². The molecule has 0 aliphatic carbocycles. The molecule has 0 saturated heterocycles. The molecule has 0 rings (SSSR count). The third-order valence-corrected chi connectivity index (χ3v) is 0.677. The van der Waals surface area contributed by atoms with Gasteiger partial charge in [-0.15, -0.1) is 0 Å². The van der Waals surface area contributed by atoms with Gasteiger partial charge in [0.2, 0.25) is 0 Å². The topological polar surface area (TPSA) is 12.0 Å². The summed E-state index contributed by atoms with van der Waals surface area (Å²) in [6.45, 7) is 8.84. The van der Waals surface area contributed by atoms with Gasteiger partial charge in [-0.3, -0.25) is 0 Å². The Morgan fingerprint density at radius 3 is 2.25 bits per heavy atom. The Hall–Kier alpha value is 0.644. The quantitative estimate of drug-likeness (QED) is 0.707. The van der Waals surface area contributed by atoms with Crippen molar-refractivity contribution in [3.05, 3.63) is 12.3 Å². The minimum Gasteiger partial charge on any atom is -0.389 e. The van der Waals surface area contributed by atoms with Crippen LogP contribution in [0, 0.1) is 0 Å². The first-order valence-electron chi connectivity index (χ1n) is 2.66. The Labute approximate surface area is 76.8 Å². The maximum atomic E-state index is 3.68. The average Bonchev–Trinajstić information content (AvgIpc) is 1.61. The number of nitrogens with one attached hydrogen (secondary N) is 1. The predicted octanol–water partition coefficient (Wildman–Crippen LogP) is 1.52. The number of hydrogen-bond donors (Lipinski definition) is 1. The van der Waals surface area contributed by atoms with Crippen molar-refractivity contribution in [2.24, 2.45) is 0 Å². The summed E-state index contributed by atoms with van der Waals surface area (Å²) in [5.41, 5.74) is 1.06. The summed E-state index contributed by atoms with van der Waals surface area (Å²) in [6, 6.07) is 0. The fourth-order valence-corrected chi connectivity index (χ4v) is 0.338. The normalized spacial score (nSPS) is 7.25. The van der Waals surface area contributed by atoms with E-state index in [-0.39, 0.29) is 32.7 Å². The van der Waals surface area contributed by atoms with Crippen LogP contribution in [-0.2, 0) is 32.7 Å². The van der Waals surface area contributed by atoms with Crippen LogP contribution in [0.25, 0.3) is 0 Å². The van der Waals surface area contributed by atoms with E-state index in [2.05, 4.69) is 18.8 Å². The van der Waals surface area contributed by atoms with Crippen LogP contribution < -0.4 is 5.32 Å². The third-order valence-electron chi connectivity index (χ3n) is 0.677. The van der Waals surface area contributed by atoms with Gasteiger partial charge in [0.25, 0.3) is 0 Å². The van der Waals surface area contributed by atoms with Crippen molar-refractivity contribution in [2.45, 2.75) is 20.3 Å². The molecule has 1 N–H and O–H groups in total. The van der Waals surface area contributed by atoms with Crippen LogP contribution in [0.15, 0.2) is 12.3 Å². The smallest absolute Gasteiger partial charge is 0.0141 e. The van der Waals surface area contributed by atoms with Gasteiger partial charge in [0.15, 0.2) is 0 Å².